The Labute approximate surface area is 107 Å². The standard InChI is InChI=1S/C11H21N5O2/c1-8(2)13-11(17)14-9(3)10-15-12-7-16(10)5-6-18-4/h7-9H,5-6H2,1-4H3,(H2,13,14,17). The fourth-order valence-corrected chi connectivity index (χ4v) is 1.53. The van der Waals surface area contributed by atoms with Gasteiger partial charge in [-0.15, -0.1) is 10.2 Å². The van der Waals surface area contributed by atoms with E-state index in [0.717, 1.165) is 0 Å². The number of methoxy groups -OCH3 is 1. The number of nitrogens with zero attached hydrogens (tertiary/aromatic N) is 3. The summed E-state index contributed by atoms with van der Waals surface area (Å²) in [6.07, 6.45) is 1.63. The van der Waals surface area contributed by atoms with Crippen LogP contribution in [-0.2, 0) is 11.3 Å². The first-order valence-electron chi connectivity index (χ1n) is 5.98. The smallest absolute Gasteiger partial charge is 0.315 e. The zero-order valence-corrected chi connectivity index (χ0v) is 11.3. The summed E-state index contributed by atoms with van der Waals surface area (Å²) in [5.41, 5.74) is 0. The largest absolute Gasteiger partial charge is 0.383 e. The first kappa shape index (κ1) is 14.4. The highest BCUT2D eigenvalue weighted by molar-refractivity contribution is 5.74. The van der Waals surface area contributed by atoms with E-state index < -0.39 is 0 Å². The van der Waals surface area contributed by atoms with Gasteiger partial charge in [0.1, 0.15) is 6.33 Å². The molecule has 1 unspecified atom stereocenters. The molecule has 1 aromatic heterocycles. The Morgan fingerprint density at radius 3 is 2.78 bits per heavy atom. The number of aromatic nitrogens is 3. The molecule has 0 spiro atoms. The Balaban J connectivity index is 2.58. The Morgan fingerprint density at radius 1 is 1.44 bits per heavy atom. The van der Waals surface area contributed by atoms with Gasteiger partial charge < -0.3 is 19.9 Å². The molecule has 0 fully saturated rings. The zero-order valence-electron chi connectivity index (χ0n) is 11.3. The molecular formula is C11H21N5O2. The van der Waals surface area contributed by atoms with Crippen LogP contribution in [0.25, 0.3) is 0 Å². The average molecular weight is 255 g/mol. The third-order valence-corrected chi connectivity index (χ3v) is 2.34. The maximum absolute atomic E-state index is 11.6. The number of ether oxygens (including phenoxy) is 1. The van der Waals surface area contributed by atoms with Crippen LogP contribution in [0.5, 0.6) is 0 Å². The van der Waals surface area contributed by atoms with Crippen LogP contribution in [0.15, 0.2) is 6.33 Å². The molecule has 0 radical (unpaired) electrons. The maximum Gasteiger partial charge on any atom is 0.315 e. The Morgan fingerprint density at radius 2 is 2.17 bits per heavy atom. The monoisotopic (exact) mass is 255 g/mol. The van der Waals surface area contributed by atoms with Crippen LogP contribution < -0.4 is 10.6 Å². The summed E-state index contributed by atoms with van der Waals surface area (Å²) in [6.45, 7) is 6.93. The fraction of sp³-hybridized carbons (Fsp3) is 0.727. The van der Waals surface area contributed by atoms with E-state index in [0.29, 0.717) is 19.0 Å². The predicted molar refractivity (Wildman–Crippen MR) is 67.1 cm³/mol. The number of nitrogens with one attached hydrogen (secondary N) is 2. The SMILES string of the molecule is COCCn1cnnc1C(C)NC(=O)NC(C)C. The highest BCUT2D eigenvalue weighted by atomic mass is 16.5. The van der Waals surface area contributed by atoms with Gasteiger partial charge in [-0.3, -0.25) is 0 Å². The molecule has 18 heavy (non-hydrogen) atoms. The summed E-state index contributed by atoms with van der Waals surface area (Å²) in [4.78, 5) is 11.6. The van der Waals surface area contributed by atoms with Crippen molar-refractivity contribution in [2.45, 2.75) is 39.4 Å². The van der Waals surface area contributed by atoms with Crippen molar-refractivity contribution in [2.75, 3.05) is 13.7 Å². The zero-order chi connectivity index (χ0) is 13.5. The second kappa shape index (κ2) is 6.95. The maximum atomic E-state index is 11.6. The molecule has 0 aliphatic rings. The fourth-order valence-electron chi connectivity index (χ4n) is 1.53. The molecule has 1 rings (SSSR count). The number of carbonyl (C=O) groups excluding carboxylic acids is 1. The van der Waals surface area contributed by atoms with Gasteiger partial charge in [0.15, 0.2) is 5.82 Å². The van der Waals surface area contributed by atoms with Crippen molar-refractivity contribution in [2.24, 2.45) is 0 Å². The van der Waals surface area contributed by atoms with Gasteiger partial charge >= 0.3 is 6.03 Å². The van der Waals surface area contributed by atoms with Crippen molar-refractivity contribution < 1.29 is 9.53 Å². The molecule has 102 valence electrons. The van der Waals surface area contributed by atoms with E-state index >= 15 is 0 Å². The highest BCUT2D eigenvalue weighted by Crippen LogP contribution is 2.08. The Hall–Kier alpha value is -1.63. The number of carbonyl (C=O) groups is 1. The van der Waals surface area contributed by atoms with Gasteiger partial charge in [-0.05, 0) is 20.8 Å². The summed E-state index contributed by atoms with van der Waals surface area (Å²) >= 11 is 0. The van der Waals surface area contributed by atoms with Crippen molar-refractivity contribution in [1.82, 2.24) is 25.4 Å². The number of urea groups is 1. The summed E-state index contributed by atoms with van der Waals surface area (Å²) in [5, 5.41) is 13.4. The van der Waals surface area contributed by atoms with E-state index in [1.165, 1.54) is 0 Å². The third kappa shape index (κ3) is 4.33. The van der Waals surface area contributed by atoms with Crippen LogP contribution >= 0.6 is 0 Å². The molecule has 2 amide bonds. The normalized spacial score (nSPS) is 12.5. The molecule has 7 nitrogen and oxygen atoms in total. The molecule has 0 aromatic carbocycles. The summed E-state index contributed by atoms with van der Waals surface area (Å²) in [6, 6.07) is -0.314. The molecule has 7 heteroatoms. The van der Waals surface area contributed by atoms with E-state index in [1.54, 1.807) is 13.4 Å². The van der Waals surface area contributed by atoms with Gasteiger partial charge in [0.05, 0.1) is 12.6 Å². The lowest BCUT2D eigenvalue weighted by molar-refractivity contribution is 0.185. The molecule has 0 aliphatic carbocycles. The van der Waals surface area contributed by atoms with Crippen molar-refractivity contribution in [3.63, 3.8) is 0 Å². The van der Waals surface area contributed by atoms with Gasteiger partial charge in [0, 0.05) is 19.7 Å². The number of rotatable bonds is 6. The molecule has 0 bridgehead atoms. The topological polar surface area (TPSA) is 81.1 Å². The lowest BCUT2D eigenvalue weighted by Gasteiger charge is -2.16. The van der Waals surface area contributed by atoms with Gasteiger partial charge in [0.25, 0.3) is 0 Å². The van der Waals surface area contributed by atoms with Crippen LogP contribution in [0.3, 0.4) is 0 Å². The number of hydrogen-bond donors (Lipinski definition) is 2. The average Bonchev–Trinajstić information content (AvgIpc) is 2.72. The third-order valence-electron chi connectivity index (χ3n) is 2.34. The molecule has 2 N–H and O–H groups in total. The van der Waals surface area contributed by atoms with Crippen LogP contribution in [0, 0.1) is 0 Å². The Kier molecular flexibility index (Phi) is 5.57. The quantitative estimate of drug-likeness (QED) is 0.783. The van der Waals surface area contributed by atoms with E-state index in [1.807, 2.05) is 25.3 Å². The van der Waals surface area contributed by atoms with Crippen LogP contribution in [0.1, 0.15) is 32.6 Å². The second-order valence-corrected chi connectivity index (χ2v) is 4.37. The minimum Gasteiger partial charge on any atom is -0.383 e. The molecule has 0 aliphatic heterocycles. The van der Waals surface area contributed by atoms with Crippen molar-refractivity contribution in [3.8, 4) is 0 Å². The minimum absolute atomic E-state index is 0.101. The van der Waals surface area contributed by atoms with Crippen LogP contribution in [-0.4, -0.2) is 40.6 Å². The second-order valence-electron chi connectivity index (χ2n) is 4.37. The molecule has 1 heterocycles. The number of amides is 2. The summed E-state index contributed by atoms with van der Waals surface area (Å²) in [7, 11) is 1.64. The molecule has 0 saturated carbocycles. The van der Waals surface area contributed by atoms with Crippen molar-refractivity contribution in [3.05, 3.63) is 12.2 Å². The predicted octanol–water partition coefficient (Wildman–Crippen LogP) is 0.693. The van der Waals surface area contributed by atoms with E-state index in [-0.39, 0.29) is 18.1 Å². The first-order valence-corrected chi connectivity index (χ1v) is 5.98. The molecule has 1 atom stereocenters. The minimum atomic E-state index is -0.209. The van der Waals surface area contributed by atoms with Crippen LogP contribution in [0.2, 0.25) is 0 Å². The Bertz CT molecular complexity index is 377. The molecule has 1 aromatic rings. The van der Waals surface area contributed by atoms with Gasteiger partial charge in [0.2, 0.25) is 0 Å². The lowest BCUT2D eigenvalue weighted by Crippen LogP contribution is -2.41. The van der Waals surface area contributed by atoms with Crippen LogP contribution in [0.4, 0.5) is 4.79 Å². The highest BCUT2D eigenvalue weighted by Gasteiger charge is 2.15. The molecular weight excluding hydrogens is 234 g/mol. The van der Waals surface area contributed by atoms with Gasteiger partial charge in [-0.1, -0.05) is 0 Å². The molecule has 0 saturated heterocycles. The van der Waals surface area contributed by atoms with Crippen molar-refractivity contribution >= 4 is 6.03 Å². The van der Waals surface area contributed by atoms with E-state index in [9.17, 15) is 4.79 Å². The van der Waals surface area contributed by atoms with E-state index in [4.69, 9.17) is 4.74 Å². The first-order chi connectivity index (χ1) is 8.54. The van der Waals surface area contributed by atoms with Gasteiger partial charge in [-0.2, -0.15) is 0 Å². The number of hydrogen-bond acceptors (Lipinski definition) is 4. The summed E-state index contributed by atoms with van der Waals surface area (Å²) < 4.78 is 6.87. The van der Waals surface area contributed by atoms with Crippen molar-refractivity contribution in [1.29, 1.82) is 0 Å². The summed E-state index contributed by atoms with van der Waals surface area (Å²) in [5.74, 6) is 0.714. The lowest BCUT2D eigenvalue weighted by atomic mass is 10.3. The van der Waals surface area contributed by atoms with E-state index in [2.05, 4.69) is 20.8 Å². The van der Waals surface area contributed by atoms with Gasteiger partial charge in [-0.25, -0.2) is 4.79 Å².